The van der Waals surface area contributed by atoms with Crippen LogP contribution in [0.4, 0.5) is 0 Å². The molecule has 0 fully saturated rings. The number of carbonyl (C=O) groups is 1. The van der Waals surface area contributed by atoms with Crippen LogP contribution in [0.3, 0.4) is 0 Å². The third kappa shape index (κ3) is 2.08. The molecule has 0 spiro atoms. The molecule has 0 aliphatic carbocycles. The lowest BCUT2D eigenvalue weighted by Crippen LogP contribution is -1.92. The van der Waals surface area contributed by atoms with Crippen molar-refractivity contribution in [3.05, 3.63) is 60.1 Å². The smallest absolute Gasteiger partial charge is 0.221 e. The standard InChI is InChI=1S/C15H12N2O2/c1-10-13(17-9-16-10)6-7-14(18)15-12-5-3-2-4-11(12)8-19-15/h2-9H,1H3,(H,16,17). The van der Waals surface area contributed by atoms with Crippen molar-refractivity contribution in [3.63, 3.8) is 0 Å². The summed E-state index contributed by atoms with van der Waals surface area (Å²) < 4.78 is 5.35. The van der Waals surface area contributed by atoms with Gasteiger partial charge in [0.1, 0.15) is 0 Å². The number of aromatic nitrogens is 2. The summed E-state index contributed by atoms with van der Waals surface area (Å²) in [6, 6.07) is 7.59. The van der Waals surface area contributed by atoms with Crippen LogP contribution in [0.25, 0.3) is 16.8 Å². The second kappa shape index (κ2) is 4.57. The highest BCUT2D eigenvalue weighted by Crippen LogP contribution is 2.21. The minimum atomic E-state index is -0.163. The molecule has 3 aromatic rings. The van der Waals surface area contributed by atoms with E-state index >= 15 is 0 Å². The predicted octanol–water partition coefficient (Wildman–Crippen LogP) is 3.36. The minimum Gasteiger partial charge on any atom is -0.460 e. The molecule has 0 amide bonds. The van der Waals surface area contributed by atoms with Crippen molar-refractivity contribution in [3.8, 4) is 0 Å². The van der Waals surface area contributed by atoms with Gasteiger partial charge in [-0.2, -0.15) is 0 Å². The molecule has 2 aromatic heterocycles. The Balaban J connectivity index is 1.92. The number of H-pyrrole nitrogens is 1. The molecule has 2 heterocycles. The van der Waals surface area contributed by atoms with Crippen molar-refractivity contribution in [1.29, 1.82) is 0 Å². The summed E-state index contributed by atoms with van der Waals surface area (Å²) in [5.41, 5.74) is 1.68. The van der Waals surface area contributed by atoms with Crippen molar-refractivity contribution in [2.24, 2.45) is 0 Å². The van der Waals surface area contributed by atoms with Crippen LogP contribution in [0.5, 0.6) is 0 Å². The molecule has 4 nitrogen and oxygen atoms in total. The first kappa shape index (κ1) is 11.5. The van der Waals surface area contributed by atoms with E-state index in [1.165, 1.54) is 6.08 Å². The Morgan fingerprint density at radius 2 is 2.21 bits per heavy atom. The van der Waals surface area contributed by atoms with Crippen LogP contribution in [-0.2, 0) is 0 Å². The summed E-state index contributed by atoms with van der Waals surface area (Å²) in [4.78, 5) is 19.2. The lowest BCUT2D eigenvalue weighted by atomic mass is 10.1. The Hall–Kier alpha value is -2.62. The number of fused-ring (bicyclic) bond motifs is 1. The first-order chi connectivity index (χ1) is 9.25. The maximum absolute atomic E-state index is 12.1. The van der Waals surface area contributed by atoms with Crippen LogP contribution in [0.1, 0.15) is 21.9 Å². The molecular weight excluding hydrogens is 240 g/mol. The van der Waals surface area contributed by atoms with E-state index in [2.05, 4.69) is 9.97 Å². The third-order valence-corrected chi connectivity index (χ3v) is 2.99. The van der Waals surface area contributed by atoms with Crippen LogP contribution in [0.2, 0.25) is 0 Å². The van der Waals surface area contributed by atoms with Crippen molar-refractivity contribution in [2.45, 2.75) is 6.92 Å². The summed E-state index contributed by atoms with van der Waals surface area (Å²) in [6.45, 7) is 1.90. The van der Waals surface area contributed by atoms with Gasteiger partial charge in [0.15, 0.2) is 5.76 Å². The van der Waals surface area contributed by atoms with Gasteiger partial charge in [-0.05, 0) is 19.1 Å². The zero-order valence-electron chi connectivity index (χ0n) is 10.4. The van der Waals surface area contributed by atoms with Gasteiger partial charge >= 0.3 is 0 Å². The van der Waals surface area contributed by atoms with Crippen LogP contribution in [0.15, 0.2) is 47.3 Å². The maximum atomic E-state index is 12.1. The largest absolute Gasteiger partial charge is 0.460 e. The van der Waals surface area contributed by atoms with Gasteiger partial charge in [-0.15, -0.1) is 0 Å². The average molecular weight is 252 g/mol. The van der Waals surface area contributed by atoms with Gasteiger partial charge in [0.05, 0.1) is 18.3 Å². The highest BCUT2D eigenvalue weighted by molar-refractivity contribution is 6.12. The molecule has 4 heteroatoms. The van der Waals surface area contributed by atoms with E-state index in [0.29, 0.717) is 5.76 Å². The van der Waals surface area contributed by atoms with E-state index in [1.54, 1.807) is 18.7 Å². The molecule has 0 saturated carbocycles. The van der Waals surface area contributed by atoms with Crippen LogP contribution < -0.4 is 0 Å². The van der Waals surface area contributed by atoms with Gasteiger partial charge in [-0.3, -0.25) is 4.79 Å². The second-order valence-electron chi connectivity index (χ2n) is 4.26. The van der Waals surface area contributed by atoms with Crippen LogP contribution >= 0.6 is 0 Å². The molecule has 19 heavy (non-hydrogen) atoms. The summed E-state index contributed by atoms with van der Waals surface area (Å²) >= 11 is 0. The zero-order valence-corrected chi connectivity index (χ0v) is 10.4. The first-order valence-electron chi connectivity index (χ1n) is 5.94. The normalized spacial score (nSPS) is 11.4. The molecule has 0 aliphatic rings. The SMILES string of the molecule is Cc1[nH]cnc1C=CC(=O)c1occ2ccccc12. The van der Waals surface area contributed by atoms with E-state index in [4.69, 9.17) is 4.42 Å². The number of aryl methyl sites for hydroxylation is 1. The van der Waals surface area contributed by atoms with Crippen molar-refractivity contribution < 1.29 is 9.21 Å². The quantitative estimate of drug-likeness (QED) is 0.574. The Labute approximate surface area is 109 Å². The monoisotopic (exact) mass is 252 g/mol. The van der Waals surface area contributed by atoms with Crippen LogP contribution in [-0.4, -0.2) is 15.8 Å². The summed E-state index contributed by atoms with van der Waals surface area (Å²) in [6.07, 6.45) is 6.36. The topological polar surface area (TPSA) is 58.9 Å². The fraction of sp³-hybridized carbons (Fsp3) is 0.0667. The average Bonchev–Trinajstić information content (AvgIpc) is 3.02. The molecule has 0 bridgehead atoms. The van der Waals surface area contributed by atoms with E-state index in [-0.39, 0.29) is 5.78 Å². The van der Waals surface area contributed by atoms with Crippen molar-refractivity contribution in [2.75, 3.05) is 0 Å². The fourth-order valence-electron chi connectivity index (χ4n) is 1.95. The number of carbonyl (C=O) groups excluding carboxylic acids is 1. The van der Waals surface area contributed by atoms with E-state index in [1.807, 2.05) is 31.2 Å². The molecule has 0 aliphatic heterocycles. The predicted molar refractivity (Wildman–Crippen MR) is 72.9 cm³/mol. The fourth-order valence-corrected chi connectivity index (χ4v) is 1.95. The molecular formula is C15H12N2O2. The number of ketones is 1. The molecule has 94 valence electrons. The molecule has 0 atom stereocenters. The van der Waals surface area contributed by atoms with Gasteiger partial charge in [-0.25, -0.2) is 4.98 Å². The summed E-state index contributed by atoms with van der Waals surface area (Å²) in [5.74, 6) is 0.198. The third-order valence-electron chi connectivity index (χ3n) is 2.99. The van der Waals surface area contributed by atoms with Crippen LogP contribution in [0, 0.1) is 6.92 Å². The zero-order chi connectivity index (χ0) is 13.2. The van der Waals surface area contributed by atoms with Crippen molar-refractivity contribution in [1.82, 2.24) is 9.97 Å². The number of furan rings is 1. The first-order valence-corrected chi connectivity index (χ1v) is 5.94. The number of aromatic amines is 1. The Kier molecular flexibility index (Phi) is 2.76. The molecule has 3 rings (SSSR count). The number of imidazole rings is 1. The highest BCUT2D eigenvalue weighted by atomic mass is 16.3. The van der Waals surface area contributed by atoms with Crippen molar-refractivity contribution >= 4 is 22.6 Å². The van der Waals surface area contributed by atoms with Gasteiger partial charge in [0.25, 0.3) is 0 Å². The molecule has 0 radical (unpaired) electrons. The van der Waals surface area contributed by atoms with Gasteiger partial charge < -0.3 is 9.40 Å². The maximum Gasteiger partial charge on any atom is 0.221 e. The Morgan fingerprint density at radius 1 is 1.37 bits per heavy atom. The Morgan fingerprint density at radius 3 is 3.00 bits per heavy atom. The number of allylic oxidation sites excluding steroid dienone is 1. The number of hydrogen-bond donors (Lipinski definition) is 1. The second-order valence-corrected chi connectivity index (χ2v) is 4.26. The lowest BCUT2D eigenvalue weighted by molar-refractivity contribution is 0.102. The minimum absolute atomic E-state index is 0.163. The molecule has 0 unspecified atom stereocenters. The number of hydrogen-bond acceptors (Lipinski definition) is 3. The summed E-state index contributed by atoms with van der Waals surface area (Å²) in [7, 11) is 0. The van der Waals surface area contributed by atoms with E-state index in [0.717, 1.165) is 22.2 Å². The van der Waals surface area contributed by atoms with Gasteiger partial charge in [-0.1, -0.05) is 24.3 Å². The number of nitrogens with one attached hydrogen (secondary N) is 1. The highest BCUT2D eigenvalue weighted by Gasteiger charge is 2.11. The van der Waals surface area contributed by atoms with Gasteiger partial charge in [0.2, 0.25) is 5.78 Å². The molecule has 1 aromatic carbocycles. The van der Waals surface area contributed by atoms with Gasteiger partial charge in [0, 0.05) is 16.5 Å². The number of rotatable bonds is 3. The molecule has 1 N–H and O–H groups in total. The Bertz CT molecular complexity index is 765. The number of benzene rings is 1. The van der Waals surface area contributed by atoms with E-state index < -0.39 is 0 Å². The summed E-state index contributed by atoms with van der Waals surface area (Å²) in [5, 5.41) is 1.76. The number of nitrogens with zero attached hydrogens (tertiary/aromatic N) is 1. The van der Waals surface area contributed by atoms with E-state index in [9.17, 15) is 4.79 Å². The molecule has 0 saturated heterocycles. The lowest BCUT2D eigenvalue weighted by Gasteiger charge is -1.92.